The number of hydrogen-bond donors (Lipinski definition) is 0. The summed E-state index contributed by atoms with van der Waals surface area (Å²) in [6, 6.07) is 20.9. The lowest BCUT2D eigenvalue weighted by Gasteiger charge is -2.23. The van der Waals surface area contributed by atoms with Gasteiger partial charge in [0, 0.05) is 10.6 Å². The molecule has 32 heavy (non-hydrogen) atoms. The Hall–Kier alpha value is -3.30. The predicted octanol–water partition coefficient (Wildman–Crippen LogP) is 7.16. The van der Waals surface area contributed by atoms with E-state index in [1.165, 1.54) is 0 Å². The van der Waals surface area contributed by atoms with Crippen molar-refractivity contribution in [2.75, 3.05) is 21.3 Å². The molecule has 0 saturated carbocycles. The minimum Gasteiger partial charge on any atom is -0.497 e. The van der Waals surface area contributed by atoms with Gasteiger partial charge in [-0.3, -0.25) is 0 Å². The predicted molar refractivity (Wildman–Crippen MR) is 128 cm³/mol. The first kappa shape index (κ1) is 21.9. The molecular formula is C26H23F2O3P. The van der Waals surface area contributed by atoms with Crippen molar-refractivity contribution in [3.05, 3.63) is 102 Å². The quantitative estimate of drug-likeness (QED) is 0.372. The number of methoxy groups -OCH3 is 3. The first-order chi connectivity index (χ1) is 15.5. The molecule has 1 aliphatic heterocycles. The lowest BCUT2D eigenvalue weighted by atomic mass is 10.00. The molecule has 0 amide bonds. The molecule has 0 N–H and O–H groups in total. The van der Waals surface area contributed by atoms with Crippen LogP contribution < -0.4 is 14.2 Å². The van der Waals surface area contributed by atoms with Gasteiger partial charge in [0.05, 0.1) is 21.3 Å². The molecule has 1 aliphatic rings. The highest BCUT2D eigenvalue weighted by Crippen LogP contribution is 2.67. The lowest BCUT2D eigenvalue weighted by molar-refractivity contribution is 0.414. The van der Waals surface area contributed by atoms with Gasteiger partial charge in [0.1, 0.15) is 17.2 Å². The van der Waals surface area contributed by atoms with Crippen molar-refractivity contribution in [1.29, 1.82) is 0 Å². The highest BCUT2D eigenvalue weighted by atomic mass is 31.2. The maximum Gasteiger partial charge on any atom is 0.250 e. The zero-order chi connectivity index (χ0) is 22.7. The molecule has 0 fully saturated rings. The molecule has 0 atom stereocenters. The van der Waals surface area contributed by atoms with Crippen molar-refractivity contribution in [1.82, 2.24) is 0 Å². The van der Waals surface area contributed by atoms with Crippen LogP contribution in [0.15, 0.2) is 84.9 Å². The number of benzene rings is 3. The topological polar surface area (TPSA) is 27.7 Å². The molecule has 164 valence electrons. The number of allylic oxidation sites excluding steroid dienone is 3. The Balaban J connectivity index is 1.91. The smallest absolute Gasteiger partial charge is 0.250 e. The minimum absolute atomic E-state index is 0.0410. The van der Waals surface area contributed by atoms with Crippen LogP contribution in [0.1, 0.15) is 16.7 Å². The van der Waals surface area contributed by atoms with E-state index in [-0.39, 0.29) is 10.6 Å². The molecule has 0 bridgehead atoms. The zero-order valence-electron chi connectivity index (χ0n) is 18.0. The maximum atomic E-state index is 16.0. The molecule has 0 spiro atoms. The number of hydrogen-bond acceptors (Lipinski definition) is 3. The Morgan fingerprint density at radius 3 is 1.38 bits per heavy atom. The van der Waals surface area contributed by atoms with Crippen LogP contribution in [0.3, 0.4) is 0 Å². The van der Waals surface area contributed by atoms with Crippen molar-refractivity contribution in [3.8, 4) is 17.2 Å². The standard InChI is InChI=1S/C26H23F2O3P/c1-29-22-10-4-18(5-11-22)21-16-25(19-6-12-23(30-2)13-7-19)32(27,28)26(17-21)20-8-14-24(31-3)15-9-20/h4-17H,1-3H3. The molecule has 1 heterocycles. The fourth-order valence-electron chi connectivity index (χ4n) is 3.59. The van der Waals surface area contributed by atoms with Gasteiger partial charge >= 0.3 is 0 Å². The van der Waals surface area contributed by atoms with Gasteiger partial charge in [-0.05, 0) is 70.8 Å². The van der Waals surface area contributed by atoms with Crippen molar-refractivity contribution >= 4 is 23.7 Å². The van der Waals surface area contributed by atoms with Crippen molar-refractivity contribution in [2.24, 2.45) is 0 Å². The Morgan fingerprint density at radius 2 is 0.938 bits per heavy atom. The second-order valence-electron chi connectivity index (χ2n) is 7.21. The van der Waals surface area contributed by atoms with Crippen molar-refractivity contribution in [2.45, 2.75) is 0 Å². The van der Waals surface area contributed by atoms with Gasteiger partial charge in [-0.1, -0.05) is 36.4 Å². The van der Waals surface area contributed by atoms with Gasteiger partial charge in [-0.15, -0.1) is 0 Å². The van der Waals surface area contributed by atoms with Gasteiger partial charge in [0.2, 0.25) is 7.51 Å². The normalized spacial score (nSPS) is 15.0. The average molecular weight is 452 g/mol. The molecule has 3 nitrogen and oxygen atoms in total. The summed E-state index contributed by atoms with van der Waals surface area (Å²) in [5.41, 5.74) is 2.52. The number of rotatable bonds is 6. The summed E-state index contributed by atoms with van der Waals surface area (Å²) in [5, 5.41) is 0.0820. The SMILES string of the molecule is COc1ccc(C2=CC(c3ccc(OC)cc3)=P(F)(F)C(c3ccc(OC)cc3)=C2)cc1. The number of halogens is 2. The summed E-state index contributed by atoms with van der Waals surface area (Å²) in [4.78, 5) is 0. The van der Waals surface area contributed by atoms with Gasteiger partial charge < -0.3 is 14.2 Å². The van der Waals surface area contributed by atoms with E-state index in [4.69, 9.17) is 14.2 Å². The van der Waals surface area contributed by atoms with Crippen LogP contribution in [0.25, 0.3) is 10.9 Å². The summed E-state index contributed by atoms with van der Waals surface area (Å²) in [5.74, 6) is 1.95. The highest BCUT2D eigenvalue weighted by molar-refractivity contribution is 7.77. The van der Waals surface area contributed by atoms with Crippen LogP contribution >= 0.6 is 7.51 Å². The van der Waals surface area contributed by atoms with Crippen LogP contribution in [0.2, 0.25) is 0 Å². The third-order valence-corrected chi connectivity index (χ3v) is 7.37. The van der Waals surface area contributed by atoms with Crippen molar-refractivity contribution in [3.63, 3.8) is 0 Å². The third-order valence-electron chi connectivity index (χ3n) is 5.38. The van der Waals surface area contributed by atoms with Crippen molar-refractivity contribution < 1.29 is 22.6 Å². The van der Waals surface area contributed by atoms with Crippen LogP contribution in [0.4, 0.5) is 8.39 Å². The Morgan fingerprint density at radius 1 is 0.531 bits per heavy atom. The first-order valence-corrected chi connectivity index (χ1v) is 11.6. The summed E-state index contributed by atoms with van der Waals surface area (Å²) in [6.45, 7) is 0. The molecule has 3 aromatic carbocycles. The largest absolute Gasteiger partial charge is 0.497 e. The summed E-state index contributed by atoms with van der Waals surface area (Å²) >= 11 is 0. The van der Waals surface area contributed by atoms with Crippen LogP contribution in [-0.4, -0.2) is 26.6 Å². The minimum atomic E-state index is -4.63. The van der Waals surface area contributed by atoms with Crippen LogP contribution in [-0.2, 0) is 0 Å². The Labute approximate surface area is 186 Å². The number of ether oxygens (including phenoxy) is 3. The van der Waals surface area contributed by atoms with E-state index in [1.54, 1.807) is 82.0 Å². The molecule has 0 radical (unpaired) electrons. The second kappa shape index (κ2) is 9.05. The van der Waals surface area contributed by atoms with E-state index < -0.39 is 7.51 Å². The molecule has 3 aromatic rings. The summed E-state index contributed by atoms with van der Waals surface area (Å²) < 4.78 is 47.5. The Bertz CT molecular complexity index is 1220. The van der Waals surface area contributed by atoms with Gasteiger partial charge in [-0.25, -0.2) is 0 Å². The van der Waals surface area contributed by atoms with Gasteiger partial charge in [-0.2, -0.15) is 8.39 Å². The van der Waals surface area contributed by atoms with Crippen LogP contribution in [0.5, 0.6) is 17.2 Å². The molecule has 6 heteroatoms. The van der Waals surface area contributed by atoms with E-state index in [2.05, 4.69) is 0 Å². The fraction of sp³-hybridized carbons (Fsp3) is 0.115. The monoisotopic (exact) mass is 452 g/mol. The van der Waals surface area contributed by atoms with E-state index in [0.717, 1.165) is 11.1 Å². The molecular weight excluding hydrogens is 429 g/mol. The molecule has 4 rings (SSSR count). The molecule has 0 saturated heterocycles. The molecule has 0 aromatic heterocycles. The summed E-state index contributed by atoms with van der Waals surface area (Å²) in [7, 11) is 0.0728. The average Bonchev–Trinajstić information content (AvgIpc) is 2.84. The fourth-order valence-corrected chi connectivity index (χ4v) is 5.40. The Kier molecular flexibility index (Phi) is 6.20. The van der Waals surface area contributed by atoms with Gasteiger partial charge in [0.15, 0.2) is 0 Å². The van der Waals surface area contributed by atoms with E-state index in [0.29, 0.717) is 28.4 Å². The zero-order valence-corrected chi connectivity index (χ0v) is 18.9. The maximum absolute atomic E-state index is 16.0. The highest BCUT2D eigenvalue weighted by Gasteiger charge is 2.32. The first-order valence-electron chi connectivity index (χ1n) is 9.99. The summed E-state index contributed by atoms with van der Waals surface area (Å²) in [6.07, 6.45) is 3.20. The van der Waals surface area contributed by atoms with Crippen LogP contribution in [0, 0.1) is 0 Å². The third kappa shape index (κ3) is 4.21. The molecule has 0 unspecified atom stereocenters. The van der Waals surface area contributed by atoms with E-state index in [9.17, 15) is 0 Å². The molecule has 0 aliphatic carbocycles. The second-order valence-corrected chi connectivity index (χ2v) is 9.20. The van der Waals surface area contributed by atoms with E-state index in [1.807, 2.05) is 24.3 Å². The lowest BCUT2D eigenvalue weighted by Crippen LogP contribution is -2.05. The van der Waals surface area contributed by atoms with E-state index >= 15 is 8.39 Å². The van der Waals surface area contributed by atoms with Gasteiger partial charge in [0.25, 0.3) is 0 Å².